The second kappa shape index (κ2) is 6.89. The first kappa shape index (κ1) is 28.3. The molecular formula is C11H5F17O2. The van der Waals surface area contributed by atoms with Gasteiger partial charge in [0.25, 0.3) is 0 Å². The lowest BCUT2D eigenvalue weighted by molar-refractivity contribution is -0.462. The van der Waals surface area contributed by atoms with Crippen LogP contribution in [-0.2, 0) is 4.79 Å². The lowest BCUT2D eigenvalue weighted by atomic mass is 9.85. The fourth-order valence-electron chi connectivity index (χ4n) is 1.60. The summed E-state index contributed by atoms with van der Waals surface area (Å²) in [6.45, 7) is -0.547. The topological polar surface area (TPSA) is 37.3 Å². The molecule has 0 fully saturated rings. The van der Waals surface area contributed by atoms with Gasteiger partial charge in [-0.3, -0.25) is 4.79 Å². The molecule has 0 aromatic heterocycles. The number of hydrogen-bond donors (Lipinski definition) is 1. The van der Waals surface area contributed by atoms with Gasteiger partial charge in [-0.15, -0.1) is 0 Å². The van der Waals surface area contributed by atoms with Gasteiger partial charge in [0, 0.05) is 0 Å². The van der Waals surface area contributed by atoms with Crippen LogP contribution in [0.1, 0.15) is 6.92 Å². The summed E-state index contributed by atoms with van der Waals surface area (Å²) in [5.41, 5.74) is 0. The van der Waals surface area contributed by atoms with E-state index in [0.717, 1.165) is 0 Å². The average Bonchev–Trinajstić information content (AvgIpc) is 2.51. The molecule has 0 amide bonds. The van der Waals surface area contributed by atoms with Crippen molar-refractivity contribution < 1.29 is 84.5 Å². The summed E-state index contributed by atoms with van der Waals surface area (Å²) in [6.07, 6.45) is -7.82. The fraction of sp³-hybridized carbons (Fsp3) is 0.909. The Morgan fingerprint density at radius 3 is 1.00 bits per heavy atom. The molecule has 1 atom stereocenters. The maximum Gasteiger partial charge on any atom is 0.460 e. The first-order valence-electron chi connectivity index (χ1n) is 6.55. The molecule has 0 unspecified atom stereocenters. The Hall–Kier alpha value is -1.72. The zero-order valence-electron chi connectivity index (χ0n) is 13.4. The highest BCUT2D eigenvalue weighted by atomic mass is 19.4. The number of halogens is 17. The number of aliphatic carboxylic acids is 1. The Morgan fingerprint density at radius 2 is 0.767 bits per heavy atom. The van der Waals surface area contributed by atoms with Crippen LogP contribution in [0.2, 0.25) is 0 Å². The largest absolute Gasteiger partial charge is 0.481 e. The molecule has 0 aromatic rings. The predicted octanol–water partition coefficient (Wildman–Crippen LogP) is 5.72. The van der Waals surface area contributed by atoms with Gasteiger partial charge >= 0.3 is 53.6 Å². The predicted molar refractivity (Wildman–Crippen MR) is 57.5 cm³/mol. The van der Waals surface area contributed by atoms with E-state index in [-0.39, 0.29) is 0 Å². The molecular weight excluding hydrogens is 487 g/mol. The van der Waals surface area contributed by atoms with E-state index in [1.54, 1.807) is 0 Å². The van der Waals surface area contributed by atoms with Crippen LogP contribution < -0.4 is 0 Å². The Bertz CT molecular complexity index is 661. The molecule has 180 valence electrons. The van der Waals surface area contributed by atoms with Gasteiger partial charge in [-0.2, -0.15) is 74.6 Å². The minimum absolute atomic E-state index is 0.547. The molecule has 0 radical (unpaired) electrons. The van der Waals surface area contributed by atoms with E-state index in [0.29, 0.717) is 0 Å². The number of carboxylic acid groups (broad SMARTS) is 1. The van der Waals surface area contributed by atoms with Crippen molar-refractivity contribution in [3.05, 3.63) is 0 Å². The molecule has 19 heteroatoms. The van der Waals surface area contributed by atoms with Gasteiger partial charge < -0.3 is 5.11 Å². The normalized spacial score (nSPS) is 17.1. The van der Waals surface area contributed by atoms with Crippen molar-refractivity contribution in [2.75, 3.05) is 0 Å². The van der Waals surface area contributed by atoms with Gasteiger partial charge in [-0.1, -0.05) is 0 Å². The number of rotatable bonds is 8. The lowest BCUT2D eigenvalue weighted by Crippen LogP contribution is -2.75. The first-order valence-corrected chi connectivity index (χ1v) is 6.55. The zero-order valence-corrected chi connectivity index (χ0v) is 13.4. The zero-order chi connectivity index (χ0) is 25.2. The number of hydrogen-bond acceptors (Lipinski definition) is 1. The summed E-state index contributed by atoms with van der Waals surface area (Å²) in [4.78, 5) is 10.2. The molecule has 0 bridgehead atoms. The average molecular weight is 492 g/mol. The smallest absolute Gasteiger partial charge is 0.460 e. The maximum absolute atomic E-state index is 13.3. The third-order valence-corrected chi connectivity index (χ3v) is 3.66. The molecule has 1 N–H and O–H groups in total. The molecule has 0 saturated heterocycles. The summed E-state index contributed by atoms with van der Waals surface area (Å²) in [5.74, 6) is -64.8. The maximum atomic E-state index is 13.3. The molecule has 0 rings (SSSR count). The third kappa shape index (κ3) is 3.31. The summed E-state index contributed by atoms with van der Waals surface area (Å²) in [6, 6.07) is 0. The second-order valence-electron chi connectivity index (χ2n) is 5.63. The number of carbonyl (C=O) groups is 1. The number of alkyl halides is 17. The molecule has 0 aliphatic heterocycles. The molecule has 0 saturated carbocycles. The molecule has 0 heterocycles. The van der Waals surface area contributed by atoms with Gasteiger partial charge in [0.2, 0.25) is 0 Å². The van der Waals surface area contributed by atoms with Crippen molar-refractivity contribution in [3.63, 3.8) is 0 Å². The van der Waals surface area contributed by atoms with E-state index in [1.165, 1.54) is 0 Å². The van der Waals surface area contributed by atoms with Crippen LogP contribution in [0, 0.1) is 5.92 Å². The van der Waals surface area contributed by atoms with Crippen molar-refractivity contribution in [2.45, 2.75) is 54.6 Å². The molecule has 0 aliphatic carbocycles. The Balaban J connectivity index is 6.81. The van der Waals surface area contributed by atoms with Gasteiger partial charge in [0.05, 0.1) is 0 Å². The monoisotopic (exact) mass is 492 g/mol. The highest BCUT2D eigenvalue weighted by Gasteiger charge is 2.95. The van der Waals surface area contributed by atoms with E-state index < -0.39 is 66.4 Å². The van der Waals surface area contributed by atoms with Crippen molar-refractivity contribution >= 4 is 5.97 Å². The van der Waals surface area contributed by atoms with Crippen molar-refractivity contribution in [1.29, 1.82) is 0 Å². The van der Waals surface area contributed by atoms with Gasteiger partial charge in [0.15, 0.2) is 0 Å². The van der Waals surface area contributed by atoms with E-state index >= 15 is 0 Å². The summed E-state index contributed by atoms with van der Waals surface area (Å²) < 4.78 is 219. The fourth-order valence-corrected chi connectivity index (χ4v) is 1.60. The van der Waals surface area contributed by atoms with Crippen LogP contribution in [-0.4, -0.2) is 58.7 Å². The van der Waals surface area contributed by atoms with Crippen LogP contribution in [0.3, 0.4) is 0 Å². The van der Waals surface area contributed by atoms with Crippen LogP contribution in [0.25, 0.3) is 0 Å². The lowest BCUT2D eigenvalue weighted by Gasteiger charge is -2.43. The molecule has 0 aliphatic rings. The van der Waals surface area contributed by atoms with Crippen LogP contribution >= 0.6 is 0 Å². The SMILES string of the molecule is C[C@@H](C(=O)O)C(F)(F)C(F)(F)C(F)(F)C(F)(F)C(F)(F)C(F)(F)C(F)(F)C(F)(F)F. The van der Waals surface area contributed by atoms with Gasteiger partial charge in [0.1, 0.15) is 5.92 Å². The summed E-state index contributed by atoms with van der Waals surface area (Å²) in [7, 11) is 0. The Labute approximate surface area is 152 Å². The van der Waals surface area contributed by atoms with Crippen molar-refractivity contribution in [1.82, 2.24) is 0 Å². The van der Waals surface area contributed by atoms with E-state index in [1.807, 2.05) is 0 Å². The highest BCUT2D eigenvalue weighted by molar-refractivity contribution is 5.71. The standard InChI is InChI=1S/C11H5F17O2/c1-2(3(29)30)4(12,13)5(14,15)6(16,17)7(18,19)8(20,21)9(22,23)10(24,25)11(26,27)28/h2H,1H3,(H,29,30)/t2-/m0/s1. The summed E-state index contributed by atoms with van der Waals surface area (Å²) >= 11 is 0. The van der Waals surface area contributed by atoms with Crippen molar-refractivity contribution in [2.24, 2.45) is 5.92 Å². The minimum atomic E-state index is -8.73. The molecule has 30 heavy (non-hydrogen) atoms. The highest BCUT2D eigenvalue weighted by Crippen LogP contribution is 2.64. The quantitative estimate of drug-likeness (QED) is 0.441. The Kier molecular flexibility index (Phi) is 6.50. The molecule has 2 nitrogen and oxygen atoms in total. The number of carboxylic acids is 1. The van der Waals surface area contributed by atoms with E-state index in [2.05, 4.69) is 0 Å². The van der Waals surface area contributed by atoms with E-state index in [4.69, 9.17) is 5.11 Å². The van der Waals surface area contributed by atoms with E-state index in [9.17, 15) is 79.4 Å². The van der Waals surface area contributed by atoms with Crippen molar-refractivity contribution in [3.8, 4) is 0 Å². The first-order chi connectivity index (χ1) is 12.6. The minimum Gasteiger partial charge on any atom is -0.481 e. The summed E-state index contributed by atoms with van der Waals surface area (Å²) in [5, 5.41) is 8.10. The second-order valence-corrected chi connectivity index (χ2v) is 5.63. The molecule has 0 aromatic carbocycles. The Morgan fingerprint density at radius 1 is 0.533 bits per heavy atom. The van der Waals surface area contributed by atoms with Crippen LogP contribution in [0.5, 0.6) is 0 Å². The van der Waals surface area contributed by atoms with Gasteiger partial charge in [-0.25, -0.2) is 0 Å². The van der Waals surface area contributed by atoms with Crippen LogP contribution in [0.4, 0.5) is 74.6 Å². The van der Waals surface area contributed by atoms with Crippen LogP contribution in [0.15, 0.2) is 0 Å². The molecule has 0 spiro atoms. The van der Waals surface area contributed by atoms with Gasteiger partial charge in [-0.05, 0) is 6.92 Å². The third-order valence-electron chi connectivity index (χ3n) is 3.66.